The molecule has 0 radical (unpaired) electrons. The first-order valence-electron chi connectivity index (χ1n) is 6.43. The summed E-state index contributed by atoms with van der Waals surface area (Å²) >= 11 is 0. The van der Waals surface area contributed by atoms with Crippen molar-refractivity contribution in [2.75, 3.05) is 0 Å². The van der Waals surface area contributed by atoms with E-state index in [0.29, 0.717) is 13.0 Å². The zero-order valence-corrected chi connectivity index (χ0v) is 10.8. The van der Waals surface area contributed by atoms with Gasteiger partial charge in [0.25, 0.3) is 0 Å². The molecule has 2 rings (SSSR count). The van der Waals surface area contributed by atoms with Crippen molar-refractivity contribution >= 4 is 5.97 Å². The Kier molecular flexibility index (Phi) is 5.11. The highest BCUT2D eigenvalue weighted by Gasteiger charge is 2.03. The average molecular weight is 255 g/mol. The molecule has 3 nitrogen and oxygen atoms in total. The fourth-order valence-corrected chi connectivity index (χ4v) is 1.80. The van der Waals surface area contributed by atoms with Crippen LogP contribution in [0.25, 0.3) is 0 Å². The predicted molar refractivity (Wildman–Crippen MR) is 73.4 cm³/mol. The first-order valence-corrected chi connectivity index (χ1v) is 6.43. The van der Waals surface area contributed by atoms with Crippen molar-refractivity contribution in [1.29, 1.82) is 0 Å². The van der Waals surface area contributed by atoms with Crippen molar-refractivity contribution < 1.29 is 9.53 Å². The largest absolute Gasteiger partial charge is 0.461 e. The number of ether oxygens (including phenoxy) is 1. The standard InChI is InChI=1S/C16H17NO2/c18-16(19-13-15-5-2-1-3-6-15)8-4-7-14-9-11-17-12-10-14/h1-3,5-6,9-12H,4,7-8,13H2. The van der Waals surface area contributed by atoms with E-state index >= 15 is 0 Å². The van der Waals surface area contributed by atoms with Gasteiger partial charge >= 0.3 is 5.97 Å². The fraction of sp³-hybridized carbons (Fsp3) is 0.250. The van der Waals surface area contributed by atoms with Crippen molar-refractivity contribution in [3.63, 3.8) is 0 Å². The maximum Gasteiger partial charge on any atom is 0.306 e. The molecule has 98 valence electrons. The van der Waals surface area contributed by atoms with Gasteiger partial charge < -0.3 is 4.74 Å². The Morgan fingerprint density at radius 3 is 2.47 bits per heavy atom. The van der Waals surface area contributed by atoms with E-state index in [2.05, 4.69) is 4.98 Å². The second-order valence-corrected chi connectivity index (χ2v) is 4.36. The molecule has 3 heteroatoms. The fourth-order valence-electron chi connectivity index (χ4n) is 1.80. The van der Waals surface area contributed by atoms with E-state index in [1.165, 1.54) is 5.56 Å². The number of carbonyl (C=O) groups excluding carboxylic acids is 1. The Bertz CT molecular complexity index is 497. The molecule has 0 saturated heterocycles. The smallest absolute Gasteiger partial charge is 0.306 e. The molecular weight excluding hydrogens is 238 g/mol. The quantitative estimate of drug-likeness (QED) is 0.744. The maximum atomic E-state index is 11.6. The Labute approximate surface area is 113 Å². The van der Waals surface area contributed by atoms with Crippen molar-refractivity contribution in [3.05, 3.63) is 66.0 Å². The molecule has 0 fully saturated rings. The summed E-state index contributed by atoms with van der Waals surface area (Å²) in [5, 5.41) is 0. The van der Waals surface area contributed by atoms with Crippen LogP contribution in [0, 0.1) is 0 Å². The Hall–Kier alpha value is -2.16. The summed E-state index contributed by atoms with van der Waals surface area (Å²) in [6.45, 7) is 0.356. The monoisotopic (exact) mass is 255 g/mol. The minimum atomic E-state index is -0.141. The van der Waals surface area contributed by atoms with E-state index in [0.717, 1.165) is 18.4 Å². The second kappa shape index (κ2) is 7.31. The third-order valence-electron chi connectivity index (χ3n) is 2.84. The molecule has 0 aliphatic rings. The van der Waals surface area contributed by atoms with E-state index in [-0.39, 0.29) is 5.97 Å². The summed E-state index contributed by atoms with van der Waals surface area (Å²) in [5.41, 5.74) is 2.22. The van der Waals surface area contributed by atoms with Crippen LogP contribution in [-0.4, -0.2) is 11.0 Å². The predicted octanol–water partition coefficient (Wildman–Crippen LogP) is 3.15. The van der Waals surface area contributed by atoms with Crippen LogP contribution in [0.3, 0.4) is 0 Å². The summed E-state index contributed by atoms with van der Waals surface area (Å²) in [4.78, 5) is 15.5. The normalized spacial score (nSPS) is 10.1. The van der Waals surface area contributed by atoms with Gasteiger partial charge in [0.1, 0.15) is 6.61 Å². The van der Waals surface area contributed by atoms with Crippen LogP contribution in [0.15, 0.2) is 54.9 Å². The lowest BCUT2D eigenvalue weighted by atomic mass is 10.1. The van der Waals surface area contributed by atoms with Gasteiger partial charge in [0, 0.05) is 18.8 Å². The van der Waals surface area contributed by atoms with Crippen molar-refractivity contribution in [2.24, 2.45) is 0 Å². The van der Waals surface area contributed by atoms with Crippen LogP contribution in [-0.2, 0) is 22.6 Å². The third-order valence-corrected chi connectivity index (χ3v) is 2.84. The number of pyridine rings is 1. The van der Waals surface area contributed by atoms with Crippen LogP contribution < -0.4 is 0 Å². The first-order chi connectivity index (χ1) is 9.34. The lowest BCUT2D eigenvalue weighted by Gasteiger charge is -2.05. The van der Waals surface area contributed by atoms with E-state index in [4.69, 9.17) is 4.74 Å². The molecule has 2 aromatic rings. The van der Waals surface area contributed by atoms with Crippen LogP contribution in [0.2, 0.25) is 0 Å². The molecule has 0 saturated carbocycles. The highest BCUT2D eigenvalue weighted by molar-refractivity contribution is 5.69. The van der Waals surface area contributed by atoms with E-state index in [1.807, 2.05) is 42.5 Å². The number of esters is 1. The summed E-state index contributed by atoms with van der Waals surface area (Å²) in [6.07, 6.45) is 5.67. The Morgan fingerprint density at radius 2 is 1.74 bits per heavy atom. The average Bonchev–Trinajstić information content (AvgIpc) is 2.47. The number of hydrogen-bond donors (Lipinski definition) is 0. The number of rotatable bonds is 6. The van der Waals surface area contributed by atoms with Gasteiger partial charge in [-0.15, -0.1) is 0 Å². The minimum absolute atomic E-state index is 0.141. The van der Waals surface area contributed by atoms with Crippen LogP contribution >= 0.6 is 0 Å². The van der Waals surface area contributed by atoms with Crippen molar-refractivity contribution in [2.45, 2.75) is 25.9 Å². The molecule has 19 heavy (non-hydrogen) atoms. The molecule has 1 aromatic carbocycles. The second-order valence-electron chi connectivity index (χ2n) is 4.36. The number of carbonyl (C=O) groups is 1. The minimum Gasteiger partial charge on any atom is -0.461 e. The summed E-state index contributed by atoms with van der Waals surface area (Å²) in [6, 6.07) is 13.7. The molecule has 0 aliphatic carbocycles. The Balaban J connectivity index is 1.65. The van der Waals surface area contributed by atoms with Crippen LogP contribution in [0.4, 0.5) is 0 Å². The Morgan fingerprint density at radius 1 is 1.00 bits per heavy atom. The molecular formula is C16H17NO2. The first kappa shape index (κ1) is 13.3. The van der Waals surface area contributed by atoms with Gasteiger partial charge in [0.15, 0.2) is 0 Å². The molecule has 0 aliphatic heterocycles. The summed E-state index contributed by atoms with van der Waals surface area (Å²) in [7, 11) is 0. The molecule has 0 atom stereocenters. The van der Waals surface area contributed by atoms with Gasteiger partial charge in [-0.1, -0.05) is 30.3 Å². The number of nitrogens with zero attached hydrogens (tertiary/aromatic N) is 1. The lowest BCUT2D eigenvalue weighted by Crippen LogP contribution is -2.04. The van der Waals surface area contributed by atoms with Crippen molar-refractivity contribution in [1.82, 2.24) is 4.98 Å². The van der Waals surface area contributed by atoms with Gasteiger partial charge in [-0.25, -0.2) is 0 Å². The zero-order chi connectivity index (χ0) is 13.3. The molecule has 0 N–H and O–H groups in total. The van der Waals surface area contributed by atoms with E-state index in [9.17, 15) is 4.79 Å². The van der Waals surface area contributed by atoms with Crippen LogP contribution in [0.5, 0.6) is 0 Å². The molecule has 1 heterocycles. The maximum absolute atomic E-state index is 11.6. The van der Waals surface area contributed by atoms with Crippen molar-refractivity contribution in [3.8, 4) is 0 Å². The molecule has 0 unspecified atom stereocenters. The summed E-state index contributed by atoms with van der Waals surface area (Å²) in [5.74, 6) is -0.141. The van der Waals surface area contributed by atoms with Crippen LogP contribution in [0.1, 0.15) is 24.0 Å². The topological polar surface area (TPSA) is 39.2 Å². The number of benzene rings is 1. The van der Waals surface area contributed by atoms with Gasteiger partial charge in [0.05, 0.1) is 0 Å². The number of aryl methyl sites for hydroxylation is 1. The van der Waals surface area contributed by atoms with Gasteiger partial charge in [-0.2, -0.15) is 0 Å². The van der Waals surface area contributed by atoms with Gasteiger partial charge in [-0.3, -0.25) is 9.78 Å². The molecule has 0 bridgehead atoms. The number of hydrogen-bond acceptors (Lipinski definition) is 3. The summed E-state index contributed by atoms with van der Waals surface area (Å²) < 4.78 is 5.21. The van der Waals surface area contributed by atoms with E-state index in [1.54, 1.807) is 12.4 Å². The van der Waals surface area contributed by atoms with E-state index < -0.39 is 0 Å². The SMILES string of the molecule is O=C(CCCc1ccncc1)OCc1ccccc1. The number of aromatic nitrogens is 1. The molecule has 1 aromatic heterocycles. The van der Waals surface area contributed by atoms with Gasteiger partial charge in [-0.05, 0) is 36.1 Å². The molecule has 0 amide bonds. The zero-order valence-electron chi connectivity index (χ0n) is 10.8. The van der Waals surface area contributed by atoms with Gasteiger partial charge in [0.2, 0.25) is 0 Å². The highest BCUT2D eigenvalue weighted by atomic mass is 16.5. The highest BCUT2D eigenvalue weighted by Crippen LogP contribution is 2.06. The lowest BCUT2D eigenvalue weighted by molar-refractivity contribution is -0.145. The third kappa shape index (κ3) is 4.92. The molecule has 0 spiro atoms.